The number of Topliss-reactive ketones (excluding diaryl/α,β-unsaturated/α-hetero) is 1. The predicted molar refractivity (Wildman–Crippen MR) is 70.0 cm³/mol. The van der Waals surface area contributed by atoms with Crippen molar-refractivity contribution in [2.45, 2.75) is 19.3 Å². The van der Waals surface area contributed by atoms with E-state index in [9.17, 15) is 4.79 Å². The maximum Gasteiger partial charge on any atom is 0.137 e. The molecule has 1 atom stereocenters. The molecule has 1 nitrogen and oxygen atoms in total. The number of hydrogen-bond acceptors (Lipinski definition) is 1. The minimum Gasteiger partial charge on any atom is -0.299 e. The summed E-state index contributed by atoms with van der Waals surface area (Å²) in [5.74, 6) is 0.193. The van der Waals surface area contributed by atoms with Crippen molar-refractivity contribution in [3.63, 3.8) is 0 Å². The molecule has 2 aromatic carbocycles. The van der Waals surface area contributed by atoms with Gasteiger partial charge in [-0.15, -0.1) is 0 Å². The molecule has 0 fully saturated rings. The second-order valence-corrected chi connectivity index (χ2v) is 4.26. The minimum atomic E-state index is -0.0291. The maximum absolute atomic E-state index is 11.7. The van der Waals surface area contributed by atoms with Crippen molar-refractivity contribution < 1.29 is 4.79 Å². The van der Waals surface area contributed by atoms with Crippen LogP contribution < -0.4 is 0 Å². The highest BCUT2D eigenvalue weighted by atomic mass is 16.1. The lowest BCUT2D eigenvalue weighted by molar-refractivity contribution is -0.118. The van der Waals surface area contributed by atoms with Gasteiger partial charge < -0.3 is 0 Å². The number of rotatable bonds is 4. The van der Waals surface area contributed by atoms with Crippen LogP contribution in [0.25, 0.3) is 0 Å². The van der Waals surface area contributed by atoms with Gasteiger partial charge in [-0.3, -0.25) is 4.79 Å². The van der Waals surface area contributed by atoms with E-state index in [1.807, 2.05) is 48.5 Å². The molecule has 0 radical (unpaired) electrons. The first-order chi connectivity index (χ1) is 8.27. The Labute approximate surface area is 102 Å². The maximum atomic E-state index is 11.7. The standard InChI is InChI=1S/C16H16O/c1-13(17)16(15-10-6-3-7-11-15)12-14-8-4-2-5-9-14/h2-11,16H,12H2,1H3/t16-/m1/s1. The van der Waals surface area contributed by atoms with Gasteiger partial charge in [-0.25, -0.2) is 0 Å². The summed E-state index contributed by atoms with van der Waals surface area (Å²) < 4.78 is 0. The molecule has 0 spiro atoms. The average Bonchev–Trinajstić information content (AvgIpc) is 2.38. The van der Waals surface area contributed by atoms with E-state index in [2.05, 4.69) is 12.1 Å². The van der Waals surface area contributed by atoms with Crippen LogP contribution in [0.3, 0.4) is 0 Å². The quantitative estimate of drug-likeness (QED) is 0.775. The molecular weight excluding hydrogens is 208 g/mol. The van der Waals surface area contributed by atoms with Crippen LogP contribution in [0, 0.1) is 0 Å². The molecule has 0 aliphatic rings. The van der Waals surface area contributed by atoms with Crippen LogP contribution in [0.15, 0.2) is 60.7 Å². The van der Waals surface area contributed by atoms with Crippen LogP contribution in [0.2, 0.25) is 0 Å². The van der Waals surface area contributed by atoms with Gasteiger partial charge in [0.1, 0.15) is 5.78 Å². The van der Waals surface area contributed by atoms with Crippen LogP contribution in [-0.2, 0) is 11.2 Å². The molecule has 0 bridgehead atoms. The minimum absolute atomic E-state index is 0.0291. The van der Waals surface area contributed by atoms with Crippen molar-refractivity contribution in [3.8, 4) is 0 Å². The third-order valence-electron chi connectivity index (χ3n) is 2.98. The van der Waals surface area contributed by atoms with E-state index in [0.29, 0.717) is 0 Å². The molecule has 0 unspecified atom stereocenters. The lowest BCUT2D eigenvalue weighted by Gasteiger charge is -2.14. The monoisotopic (exact) mass is 224 g/mol. The summed E-state index contributed by atoms with van der Waals surface area (Å²) in [6, 6.07) is 20.1. The molecule has 0 N–H and O–H groups in total. The zero-order chi connectivity index (χ0) is 12.1. The molecule has 0 saturated heterocycles. The van der Waals surface area contributed by atoms with Crippen LogP contribution in [0.4, 0.5) is 0 Å². The zero-order valence-electron chi connectivity index (χ0n) is 9.97. The van der Waals surface area contributed by atoms with E-state index in [-0.39, 0.29) is 11.7 Å². The fourth-order valence-electron chi connectivity index (χ4n) is 2.03. The smallest absolute Gasteiger partial charge is 0.137 e. The molecule has 0 saturated carbocycles. The number of carbonyl (C=O) groups excluding carboxylic acids is 1. The summed E-state index contributed by atoms with van der Waals surface area (Å²) in [4.78, 5) is 11.7. The number of ketones is 1. The first-order valence-corrected chi connectivity index (χ1v) is 5.86. The van der Waals surface area contributed by atoms with Crippen LogP contribution >= 0.6 is 0 Å². The molecule has 0 aliphatic carbocycles. The SMILES string of the molecule is CC(=O)[C@@H](Cc1ccccc1)c1ccccc1. The van der Waals surface area contributed by atoms with Gasteiger partial charge in [-0.1, -0.05) is 60.7 Å². The first kappa shape index (κ1) is 11.6. The Hall–Kier alpha value is -1.89. The molecule has 0 aliphatic heterocycles. The van der Waals surface area contributed by atoms with Crippen LogP contribution in [0.1, 0.15) is 24.0 Å². The van der Waals surface area contributed by atoms with E-state index < -0.39 is 0 Å². The first-order valence-electron chi connectivity index (χ1n) is 5.86. The van der Waals surface area contributed by atoms with Crippen molar-refractivity contribution in [1.82, 2.24) is 0 Å². The number of hydrogen-bond donors (Lipinski definition) is 0. The van der Waals surface area contributed by atoms with Gasteiger partial charge in [0, 0.05) is 5.92 Å². The van der Waals surface area contributed by atoms with E-state index >= 15 is 0 Å². The summed E-state index contributed by atoms with van der Waals surface area (Å²) in [6.45, 7) is 1.67. The summed E-state index contributed by atoms with van der Waals surface area (Å²) in [5.41, 5.74) is 2.31. The fraction of sp³-hybridized carbons (Fsp3) is 0.188. The Morgan fingerprint density at radius 3 is 2.00 bits per heavy atom. The van der Waals surface area contributed by atoms with Gasteiger partial charge in [0.05, 0.1) is 0 Å². The molecule has 17 heavy (non-hydrogen) atoms. The summed E-state index contributed by atoms with van der Waals surface area (Å²) >= 11 is 0. The fourth-order valence-corrected chi connectivity index (χ4v) is 2.03. The summed E-state index contributed by atoms with van der Waals surface area (Å²) in [5, 5.41) is 0. The Morgan fingerprint density at radius 1 is 0.941 bits per heavy atom. The molecule has 2 rings (SSSR count). The third kappa shape index (κ3) is 3.04. The lowest BCUT2D eigenvalue weighted by Crippen LogP contribution is -2.11. The van der Waals surface area contributed by atoms with Gasteiger partial charge in [0.15, 0.2) is 0 Å². The predicted octanol–water partition coefficient (Wildman–Crippen LogP) is 3.60. The normalized spacial score (nSPS) is 12.1. The topological polar surface area (TPSA) is 17.1 Å². The van der Waals surface area contributed by atoms with Gasteiger partial charge in [0.25, 0.3) is 0 Å². The van der Waals surface area contributed by atoms with Crippen molar-refractivity contribution in [3.05, 3.63) is 71.8 Å². The van der Waals surface area contributed by atoms with E-state index in [1.165, 1.54) is 5.56 Å². The Kier molecular flexibility index (Phi) is 3.71. The highest BCUT2D eigenvalue weighted by Gasteiger charge is 2.16. The highest BCUT2D eigenvalue weighted by molar-refractivity contribution is 5.83. The van der Waals surface area contributed by atoms with E-state index in [1.54, 1.807) is 6.92 Å². The highest BCUT2D eigenvalue weighted by Crippen LogP contribution is 2.21. The largest absolute Gasteiger partial charge is 0.299 e. The Balaban J connectivity index is 2.23. The third-order valence-corrected chi connectivity index (χ3v) is 2.98. The van der Waals surface area contributed by atoms with Gasteiger partial charge in [-0.2, -0.15) is 0 Å². The molecule has 0 heterocycles. The Morgan fingerprint density at radius 2 is 1.47 bits per heavy atom. The summed E-state index contributed by atoms with van der Waals surface area (Å²) in [7, 11) is 0. The second-order valence-electron chi connectivity index (χ2n) is 4.26. The van der Waals surface area contributed by atoms with Crippen LogP contribution in [-0.4, -0.2) is 5.78 Å². The number of benzene rings is 2. The van der Waals surface area contributed by atoms with E-state index in [4.69, 9.17) is 0 Å². The van der Waals surface area contributed by atoms with Gasteiger partial charge in [-0.05, 0) is 24.5 Å². The van der Waals surface area contributed by atoms with Gasteiger partial charge in [0.2, 0.25) is 0 Å². The Bertz CT molecular complexity index is 473. The second kappa shape index (κ2) is 5.44. The van der Waals surface area contributed by atoms with E-state index in [0.717, 1.165) is 12.0 Å². The molecule has 86 valence electrons. The molecule has 1 heteroatoms. The summed E-state index contributed by atoms with van der Waals surface area (Å²) in [6.07, 6.45) is 0.778. The van der Waals surface area contributed by atoms with Crippen molar-refractivity contribution in [2.75, 3.05) is 0 Å². The van der Waals surface area contributed by atoms with Gasteiger partial charge >= 0.3 is 0 Å². The molecular formula is C16H16O. The van der Waals surface area contributed by atoms with Crippen molar-refractivity contribution >= 4 is 5.78 Å². The molecule has 0 aromatic heterocycles. The van der Waals surface area contributed by atoms with Crippen molar-refractivity contribution in [2.24, 2.45) is 0 Å². The van der Waals surface area contributed by atoms with Crippen molar-refractivity contribution in [1.29, 1.82) is 0 Å². The average molecular weight is 224 g/mol. The van der Waals surface area contributed by atoms with Crippen LogP contribution in [0.5, 0.6) is 0 Å². The molecule has 0 amide bonds. The number of carbonyl (C=O) groups is 1. The molecule has 2 aromatic rings. The zero-order valence-corrected chi connectivity index (χ0v) is 9.97. The lowest BCUT2D eigenvalue weighted by atomic mass is 9.89.